The minimum absolute atomic E-state index is 0.0939. The van der Waals surface area contributed by atoms with Gasteiger partial charge in [-0.15, -0.1) is 0 Å². The molecule has 1 atom stereocenters. The largest absolute Gasteiger partial charge is 0.448 e. The summed E-state index contributed by atoms with van der Waals surface area (Å²) in [5.74, 6) is -2.04. The molecule has 150 valence electrons. The van der Waals surface area contributed by atoms with Crippen molar-refractivity contribution in [3.05, 3.63) is 70.0 Å². The van der Waals surface area contributed by atoms with Gasteiger partial charge in [-0.25, -0.2) is 9.18 Å². The molecule has 7 heteroatoms. The second kappa shape index (κ2) is 9.85. The van der Waals surface area contributed by atoms with Crippen molar-refractivity contribution in [1.82, 2.24) is 0 Å². The molecule has 0 aliphatic rings. The Hall–Kier alpha value is -3.17. The van der Waals surface area contributed by atoms with Gasteiger partial charge in [0.05, 0.1) is 5.69 Å². The highest BCUT2D eigenvalue weighted by Crippen LogP contribution is 2.20. The number of anilines is 1. The van der Waals surface area contributed by atoms with Crippen LogP contribution in [0.25, 0.3) is 6.08 Å². The number of ether oxygens (including phenoxy) is 1. The lowest BCUT2D eigenvalue weighted by atomic mass is 10.0. The third-order valence-electron chi connectivity index (χ3n) is 4.10. The van der Waals surface area contributed by atoms with Crippen molar-refractivity contribution >= 4 is 35.2 Å². The Balaban J connectivity index is 2.05. The molecule has 29 heavy (non-hydrogen) atoms. The number of carbonyl (C=O) groups excluding carboxylic acids is 2. The molecule has 0 fully saturated rings. The molecule has 2 aromatic rings. The second-order valence-corrected chi connectivity index (χ2v) is 7.09. The predicted molar refractivity (Wildman–Crippen MR) is 110 cm³/mol. The molecule has 0 aromatic heterocycles. The molecule has 5 nitrogen and oxygen atoms in total. The zero-order chi connectivity index (χ0) is 21.6. The normalized spacial score (nSPS) is 12.2. The number of nitrogens with one attached hydrogen (secondary N) is 1. The lowest BCUT2D eigenvalue weighted by Gasteiger charge is -2.13. The molecule has 1 amide bonds. The first kappa shape index (κ1) is 22.1. The first-order valence-electron chi connectivity index (χ1n) is 8.90. The molecule has 2 rings (SSSR count). The molecule has 0 aliphatic carbocycles. The second-order valence-electron chi connectivity index (χ2n) is 6.65. The average Bonchev–Trinajstić information content (AvgIpc) is 2.68. The van der Waals surface area contributed by atoms with Gasteiger partial charge in [-0.05, 0) is 48.2 Å². The zero-order valence-corrected chi connectivity index (χ0v) is 17.0. The third-order valence-corrected chi connectivity index (χ3v) is 4.33. The van der Waals surface area contributed by atoms with Gasteiger partial charge in [0, 0.05) is 5.02 Å². The van der Waals surface area contributed by atoms with Gasteiger partial charge in [0.15, 0.2) is 6.10 Å². The van der Waals surface area contributed by atoms with E-state index in [1.807, 2.05) is 12.1 Å². The van der Waals surface area contributed by atoms with Crippen LogP contribution in [-0.2, 0) is 14.3 Å². The summed E-state index contributed by atoms with van der Waals surface area (Å²) in [4.78, 5) is 24.4. The fourth-order valence-electron chi connectivity index (χ4n) is 2.38. The molecular formula is C22H20ClFN2O3. The zero-order valence-electron chi connectivity index (χ0n) is 16.2. The van der Waals surface area contributed by atoms with Gasteiger partial charge in [-0.1, -0.05) is 49.7 Å². The van der Waals surface area contributed by atoms with E-state index in [1.54, 1.807) is 18.2 Å². The molecule has 0 saturated heterocycles. The number of amides is 1. The summed E-state index contributed by atoms with van der Waals surface area (Å²) in [5, 5.41) is 11.8. The fraction of sp³-hybridized carbons (Fsp3) is 0.227. The van der Waals surface area contributed by atoms with E-state index in [2.05, 4.69) is 19.2 Å². The van der Waals surface area contributed by atoms with E-state index in [9.17, 15) is 19.2 Å². The molecule has 0 saturated carbocycles. The summed E-state index contributed by atoms with van der Waals surface area (Å²) in [7, 11) is 0. The number of hydrogen-bond acceptors (Lipinski definition) is 4. The standard InChI is InChI=1S/C22H20ClFN2O3/c1-13(2)16-6-4-15(5-7-16)10-17(12-25)22(28)29-14(3)21(27)26-20-9-8-18(23)11-19(20)24/h4-11,13-14H,1-3H3,(H,26,27)/b17-10+/t14-/m0/s1. The van der Waals surface area contributed by atoms with Crippen molar-refractivity contribution in [1.29, 1.82) is 5.26 Å². The molecule has 0 spiro atoms. The van der Waals surface area contributed by atoms with Crippen LogP contribution < -0.4 is 5.32 Å². The number of esters is 1. The van der Waals surface area contributed by atoms with Crippen LogP contribution in [0.4, 0.5) is 10.1 Å². The number of carbonyl (C=O) groups is 2. The smallest absolute Gasteiger partial charge is 0.349 e. The summed E-state index contributed by atoms with van der Waals surface area (Å²) in [6, 6.07) is 12.9. The van der Waals surface area contributed by atoms with Crippen LogP contribution in [-0.4, -0.2) is 18.0 Å². The molecule has 1 N–H and O–H groups in total. The Kier molecular flexibility index (Phi) is 7.52. The highest BCUT2D eigenvalue weighted by Gasteiger charge is 2.21. The fourth-order valence-corrected chi connectivity index (χ4v) is 2.54. The Morgan fingerprint density at radius 1 is 1.17 bits per heavy atom. The third kappa shape index (κ3) is 6.16. The molecule has 0 heterocycles. The van der Waals surface area contributed by atoms with Crippen LogP contribution in [0.3, 0.4) is 0 Å². The molecule has 2 aromatic carbocycles. The number of halogens is 2. The van der Waals surface area contributed by atoms with Crippen LogP contribution in [0.15, 0.2) is 48.0 Å². The van der Waals surface area contributed by atoms with Crippen molar-refractivity contribution < 1.29 is 18.7 Å². The topological polar surface area (TPSA) is 79.2 Å². The van der Waals surface area contributed by atoms with Crippen molar-refractivity contribution in [3.63, 3.8) is 0 Å². The van der Waals surface area contributed by atoms with Crippen molar-refractivity contribution in [3.8, 4) is 6.07 Å². The van der Waals surface area contributed by atoms with Crippen molar-refractivity contribution in [2.24, 2.45) is 0 Å². The Morgan fingerprint density at radius 2 is 1.83 bits per heavy atom. The summed E-state index contributed by atoms with van der Waals surface area (Å²) in [6.07, 6.45) is 0.147. The van der Waals surface area contributed by atoms with Crippen molar-refractivity contribution in [2.45, 2.75) is 32.8 Å². The summed E-state index contributed by atoms with van der Waals surface area (Å²) in [5.41, 5.74) is 1.44. The SMILES string of the molecule is CC(C)c1ccc(/C=C(\C#N)C(=O)O[C@@H](C)C(=O)Nc2ccc(Cl)cc2F)cc1. The van der Waals surface area contributed by atoms with E-state index in [-0.39, 0.29) is 16.3 Å². The maximum Gasteiger partial charge on any atom is 0.349 e. The van der Waals surface area contributed by atoms with E-state index in [1.165, 1.54) is 25.1 Å². The molecular weight excluding hydrogens is 395 g/mol. The van der Waals surface area contributed by atoms with Crippen LogP contribution in [0.5, 0.6) is 0 Å². The van der Waals surface area contributed by atoms with Crippen LogP contribution in [0, 0.1) is 17.1 Å². The first-order valence-corrected chi connectivity index (χ1v) is 9.27. The number of nitrogens with zero attached hydrogens (tertiary/aromatic N) is 1. The van der Waals surface area contributed by atoms with Gasteiger partial charge in [0.25, 0.3) is 5.91 Å². The minimum atomic E-state index is -1.24. The van der Waals surface area contributed by atoms with E-state index < -0.39 is 23.8 Å². The number of nitriles is 1. The molecule has 0 radical (unpaired) electrons. The van der Waals surface area contributed by atoms with E-state index >= 15 is 0 Å². The predicted octanol–water partition coefficient (Wildman–Crippen LogP) is 5.08. The molecule has 0 aliphatic heterocycles. The minimum Gasteiger partial charge on any atom is -0.448 e. The van der Waals surface area contributed by atoms with Gasteiger partial charge in [-0.2, -0.15) is 5.26 Å². The van der Waals surface area contributed by atoms with Gasteiger partial charge < -0.3 is 10.1 Å². The van der Waals surface area contributed by atoms with Crippen LogP contribution in [0.2, 0.25) is 5.02 Å². The lowest BCUT2D eigenvalue weighted by Crippen LogP contribution is -2.30. The van der Waals surface area contributed by atoms with Gasteiger partial charge in [0.2, 0.25) is 0 Å². The van der Waals surface area contributed by atoms with Gasteiger partial charge in [0.1, 0.15) is 17.5 Å². The van der Waals surface area contributed by atoms with Gasteiger partial charge >= 0.3 is 5.97 Å². The number of hydrogen-bond donors (Lipinski definition) is 1. The highest BCUT2D eigenvalue weighted by atomic mass is 35.5. The monoisotopic (exact) mass is 414 g/mol. The average molecular weight is 415 g/mol. The summed E-state index contributed by atoms with van der Waals surface area (Å²) < 4.78 is 18.8. The van der Waals surface area contributed by atoms with Gasteiger partial charge in [-0.3, -0.25) is 4.79 Å². The number of rotatable bonds is 6. The summed E-state index contributed by atoms with van der Waals surface area (Å²) >= 11 is 5.67. The Bertz CT molecular complexity index is 979. The Labute approximate surface area is 173 Å². The van der Waals surface area contributed by atoms with E-state index in [4.69, 9.17) is 16.3 Å². The maximum atomic E-state index is 13.8. The number of benzene rings is 2. The van der Waals surface area contributed by atoms with Crippen LogP contribution >= 0.6 is 11.6 Å². The quantitative estimate of drug-likeness (QED) is 0.406. The van der Waals surface area contributed by atoms with E-state index in [0.717, 1.165) is 11.6 Å². The Morgan fingerprint density at radius 3 is 2.38 bits per heavy atom. The molecule has 0 unspecified atom stereocenters. The van der Waals surface area contributed by atoms with Crippen molar-refractivity contribution in [2.75, 3.05) is 5.32 Å². The highest BCUT2D eigenvalue weighted by molar-refractivity contribution is 6.30. The summed E-state index contributed by atoms with van der Waals surface area (Å²) in [6.45, 7) is 5.45. The van der Waals surface area contributed by atoms with Crippen LogP contribution in [0.1, 0.15) is 37.8 Å². The maximum absolute atomic E-state index is 13.8. The molecule has 0 bridgehead atoms. The lowest BCUT2D eigenvalue weighted by molar-refractivity contribution is -0.148. The first-order chi connectivity index (χ1) is 13.7. The van der Waals surface area contributed by atoms with E-state index in [0.29, 0.717) is 11.5 Å².